The summed E-state index contributed by atoms with van der Waals surface area (Å²) in [5, 5.41) is 3.25. The summed E-state index contributed by atoms with van der Waals surface area (Å²) in [6, 6.07) is 10.0. The van der Waals surface area contributed by atoms with Gasteiger partial charge in [-0.25, -0.2) is 9.97 Å². The molecule has 3 rings (SSSR count). The van der Waals surface area contributed by atoms with Crippen molar-refractivity contribution in [3.05, 3.63) is 58.8 Å². The van der Waals surface area contributed by atoms with Crippen LogP contribution in [0.25, 0.3) is 16.7 Å². The van der Waals surface area contributed by atoms with Gasteiger partial charge in [0, 0.05) is 12.7 Å². The Morgan fingerprint density at radius 1 is 1.26 bits per heavy atom. The van der Waals surface area contributed by atoms with Crippen molar-refractivity contribution in [2.75, 3.05) is 33.8 Å². The van der Waals surface area contributed by atoms with Crippen molar-refractivity contribution in [1.82, 2.24) is 24.8 Å². The molecule has 164 valence electrons. The maximum Gasteiger partial charge on any atom is 0.267 e. The number of hydrogen-bond acceptors (Lipinski definition) is 7. The number of amides is 1. The highest BCUT2D eigenvalue weighted by molar-refractivity contribution is 5.77. The Balaban J connectivity index is 1.94. The maximum atomic E-state index is 13.3. The minimum absolute atomic E-state index is 0.0887. The highest BCUT2D eigenvalue weighted by Crippen LogP contribution is 2.20. The number of carbonyl (C=O) groups is 1. The maximum absolute atomic E-state index is 13.3. The first-order valence-electron chi connectivity index (χ1n) is 10.2. The van der Waals surface area contributed by atoms with Crippen LogP contribution in [0.15, 0.2) is 47.4 Å². The smallest absolute Gasteiger partial charge is 0.267 e. The summed E-state index contributed by atoms with van der Waals surface area (Å²) in [4.78, 5) is 35.8. The molecule has 2 aromatic heterocycles. The Bertz CT molecular complexity index is 1090. The van der Waals surface area contributed by atoms with Crippen LogP contribution >= 0.6 is 0 Å². The van der Waals surface area contributed by atoms with Gasteiger partial charge in [0.05, 0.1) is 30.3 Å². The Labute approximate surface area is 180 Å². The minimum Gasteiger partial charge on any atom is -0.494 e. The third kappa shape index (κ3) is 5.44. The van der Waals surface area contributed by atoms with Gasteiger partial charge in [-0.05, 0) is 63.8 Å². The Hall–Kier alpha value is -3.30. The number of fused-ring (bicyclic) bond motifs is 1. The number of hydrogen-bond donors (Lipinski definition) is 2. The first-order chi connectivity index (χ1) is 14.9. The number of nitrogens with zero attached hydrogens (tertiary/aromatic N) is 4. The molecule has 0 aliphatic rings. The lowest BCUT2D eigenvalue weighted by molar-refractivity contribution is -0.121. The van der Waals surface area contributed by atoms with Gasteiger partial charge in [-0.1, -0.05) is 0 Å². The number of benzene rings is 1. The first kappa shape index (κ1) is 22.4. The quantitative estimate of drug-likeness (QED) is 0.531. The summed E-state index contributed by atoms with van der Waals surface area (Å²) in [7, 11) is 3.65. The van der Waals surface area contributed by atoms with Crippen molar-refractivity contribution in [1.29, 1.82) is 0 Å². The van der Waals surface area contributed by atoms with E-state index in [1.54, 1.807) is 47.5 Å². The van der Waals surface area contributed by atoms with E-state index in [2.05, 4.69) is 15.3 Å². The minimum atomic E-state index is -0.578. The van der Waals surface area contributed by atoms with Crippen molar-refractivity contribution in [2.24, 2.45) is 5.73 Å². The van der Waals surface area contributed by atoms with E-state index in [0.29, 0.717) is 54.4 Å². The number of ether oxygens (including phenoxy) is 1. The molecule has 9 nitrogen and oxygen atoms in total. The van der Waals surface area contributed by atoms with E-state index in [-0.39, 0.29) is 11.5 Å². The number of likely N-dealkylation sites (N-methyl/N-ethyl adjacent to an activating group) is 1. The molecule has 3 aromatic rings. The second-order valence-corrected chi connectivity index (χ2v) is 7.39. The molecule has 0 aliphatic heterocycles. The van der Waals surface area contributed by atoms with Gasteiger partial charge in [0.15, 0.2) is 5.65 Å². The number of nitrogens with one attached hydrogen (secondary N) is 1. The predicted molar refractivity (Wildman–Crippen MR) is 119 cm³/mol. The second-order valence-electron chi connectivity index (χ2n) is 7.39. The summed E-state index contributed by atoms with van der Waals surface area (Å²) < 4.78 is 7.00. The fourth-order valence-corrected chi connectivity index (χ4v) is 3.23. The van der Waals surface area contributed by atoms with Crippen molar-refractivity contribution in [3.8, 4) is 11.4 Å². The zero-order chi connectivity index (χ0) is 22.4. The SMILES string of the molecule is CCOc1ccc(-n2c([C@H](N)CCNC(=O)CN(C)C)nc3ncccc3c2=O)cc1. The summed E-state index contributed by atoms with van der Waals surface area (Å²) in [6.45, 7) is 3.13. The van der Waals surface area contributed by atoms with Gasteiger partial charge in [-0.3, -0.25) is 14.2 Å². The molecule has 1 aromatic carbocycles. The van der Waals surface area contributed by atoms with E-state index in [0.717, 1.165) is 0 Å². The molecule has 0 fully saturated rings. The third-order valence-corrected chi connectivity index (χ3v) is 4.64. The Kier molecular flexibility index (Phi) is 7.32. The van der Waals surface area contributed by atoms with Crippen LogP contribution in [0.3, 0.4) is 0 Å². The van der Waals surface area contributed by atoms with Crippen LogP contribution in [0.5, 0.6) is 5.75 Å². The zero-order valence-corrected chi connectivity index (χ0v) is 18.0. The fourth-order valence-electron chi connectivity index (χ4n) is 3.23. The molecule has 0 unspecified atom stereocenters. The molecular formula is C22H28N6O3. The van der Waals surface area contributed by atoms with Crippen molar-refractivity contribution in [3.63, 3.8) is 0 Å². The molecule has 0 saturated carbocycles. The average Bonchev–Trinajstić information content (AvgIpc) is 2.74. The zero-order valence-electron chi connectivity index (χ0n) is 18.0. The van der Waals surface area contributed by atoms with E-state index in [4.69, 9.17) is 10.5 Å². The summed E-state index contributed by atoms with van der Waals surface area (Å²) >= 11 is 0. The summed E-state index contributed by atoms with van der Waals surface area (Å²) in [6.07, 6.45) is 2.01. The van der Waals surface area contributed by atoms with Crippen LogP contribution in [-0.2, 0) is 4.79 Å². The van der Waals surface area contributed by atoms with Crippen molar-refractivity contribution < 1.29 is 9.53 Å². The van der Waals surface area contributed by atoms with Gasteiger partial charge in [0.25, 0.3) is 5.56 Å². The van der Waals surface area contributed by atoms with Crippen molar-refractivity contribution in [2.45, 2.75) is 19.4 Å². The second kappa shape index (κ2) is 10.1. The third-order valence-electron chi connectivity index (χ3n) is 4.64. The van der Waals surface area contributed by atoms with Gasteiger partial charge in [0.2, 0.25) is 5.91 Å². The number of rotatable bonds is 9. The molecule has 0 aliphatic carbocycles. The van der Waals surface area contributed by atoms with Crippen molar-refractivity contribution >= 4 is 16.9 Å². The molecule has 3 N–H and O–H groups in total. The largest absolute Gasteiger partial charge is 0.494 e. The fraction of sp³-hybridized carbons (Fsp3) is 0.364. The number of pyridine rings is 1. The Morgan fingerprint density at radius 2 is 2.00 bits per heavy atom. The summed E-state index contributed by atoms with van der Waals surface area (Å²) in [5.41, 5.74) is 7.15. The van der Waals surface area contributed by atoms with Gasteiger partial charge in [-0.2, -0.15) is 0 Å². The highest BCUT2D eigenvalue weighted by Gasteiger charge is 2.19. The van der Waals surface area contributed by atoms with Crippen LogP contribution in [-0.4, -0.2) is 59.1 Å². The van der Waals surface area contributed by atoms with Crippen LogP contribution in [0.2, 0.25) is 0 Å². The molecule has 0 bridgehead atoms. The molecule has 1 amide bonds. The number of carbonyl (C=O) groups excluding carboxylic acids is 1. The number of aromatic nitrogens is 3. The Morgan fingerprint density at radius 3 is 2.68 bits per heavy atom. The van der Waals surface area contributed by atoms with E-state index in [9.17, 15) is 9.59 Å². The van der Waals surface area contributed by atoms with Crippen LogP contribution < -0.4 is 21.3 Å². The molecule has 0 spiro atoms. The van der Waals surface area contributed by atoms with Crippen LogP contribution in [0, 0.1) is 0 Å². The summed E-state index contributed by atoms with van der Waals surface area (Å²) in [5.74, 6) is 1.01. The molecule has 9 heteroatoms. The highest BCUT2D eigenvalue weighted by atomic mass is 16.5. The predicted octanol–water partition coefficient (Wildman–Crippen LogP) is 1.25. The normalized spacial score (nSPS) is 12.2. The lowest BCUT2D eigenvalue weighted by atomic mass is 10.1. The standard InChI is InChI=1S/C22H28N6O3/c1-4-31-16-9-7-15(8-10-16)28-21(18(23)11-13-24-19(29)14-27(2)3)26-20-17(22(28)30)6-5-12-25-20/h5-10,12,18H,4,11,13-14,23H2,1-3H3,(H,24,29)/t18-/m1/s1. The lowest BCUT2D eigenvalue weighted by Crippen LogP contribution is -2.35. The molecule has 2 heterocycles. The molecular weight excluding hydrogens is 396 g/mol. The average molecular weight is 425 g/mol. The molecule has 1 atom stereocenters. The van der Waals surface area contributed by atoms with Crippen LogP contribution in [0.1, 0.15) is 25.2 Å². The van der Waals surface area contributed by atoms with Crippen LogP contribution in [0.4, 0.5) is 0 Å². The number of nitrogens with two attached hydrogens (primary N) is 1. The van der Waals surface area contributed by atoms with Gasteiger partial charge < -0.3 is 20.7 Å². The molecule has 0 saturated heterocycles. The van der Waals surface area contributed by atoms with Gasteiger partial charge in [0.1, 0.15) is 11.6 Å². The molecule has 31 heavy (non-hydrogen) atoms. The topological polar surface area (TPSA) is 115 Å². The van der Waals surface area contributed by atoms with Gasteiger partial charge >= 0.3 is 0 Å². The monoisotopic (exact) mass is 424 g/mol. The van der Waals surface area contributed by atoms with E-state index in [1.807, 2.05) is 21.0 Å². The van der Waals surface area contributed by atoms with Gasteiger partial charge in [-0.15, -0.1) is 0 Å². The van der Waals surface area contributed by atoms with E-state index >= 15 is 0 Å². The van der Waals surface area contributed by atoms with E-state index < -0.39 is 6.04 Å². The lowest BCUT2D eigenvalue weighted by Gasteiger charge is -2.19. The molecule has 0 radical (unpaired) electrons. The first-order valence-corrected chi connectivity index (χ1v) is 10.2. The van der Waals surface area contributed by atoms with E-state index in [1.165, 1.54) is 4.57 Å².